The number of aromatic nitrogens is 5. The first kappa shape index (κ1) is 51.5. The van der Waals surface area contributed by atoms with Gasteiger partial charge >= 0.3 is 0 Å². The van der Waals surface area contributed by atoms with Gasteiger partial charge in [-0.1, -0.05) is 186 Å². The van der Waals surface area contributed by atoms with Crippen molar-refractivity contribution in [1.29, 1.82) is 0 Å². The molecule has 6 aromatic carbocycles. The maximum atomic E-state index is 14.7. The van der Waals surface area contributed by atoms with Gasteiger partial charge in [-0.15, -0.1) is 42.0 Å². The quantitative estimate of drug-likeness (QED) is 0.0953. The van der Waals surface area contributed by atoms with Crippen LogP contribution >= 0.6 is 0 Å². The summed E-state index contributed by atoms with van der Waals surface area (Å²) in [5.41, 5.74) is 14.5. The Morgan fingerprint density at radius 2 is 1.52 bits per heavy atom. The van der Waals surface area contributed by atoms with Gasteiger partial charge in [0.15, 0.2) is 0 Å². The van der Waals surface area contributed by atoms with Gasteiger partial charge in [-0.25, -0.2) is 4.98 Å². The number of imidazole rings is 1. The molecule has 403 valence electrons. The SMILES string of the molecule is Cc1ccc2c(ccc3nc(-c4[c-]ccc5c4oc4nc(C6CCCCC6)ccc45)n(CCc4ccc(C(C)(C)C)cc4-c4ccccc4)c32)n1.[2H]C([2H])([2H])c1c[c-]c(-c2cc(CC(C)C)c([Si](C)(C)c3ccccc3)cn2)c(F)c1.[Ir]. The fourth-order valence-electron chi connectivity index (χ4n) is 11.6. The van der Waals surface area contributed by atoms with Gasteiger partial charge in [-0.05, 0) is 113 Å². The summed E-state index contributed by atoms with van der Waals surface area (Å²) >= 11 is 0. The maximum Gasteiger partial charge on any atom is 0.216 e. The summed E-state index contributed by atoms with van der Waals surface area (Å²) in [6.07, 6.45) is 9.86. The van der Waals surface area contributed by atoms with Crippen molar-refractivity contribution in [3.8, 4) is 33.8 Å². The van der Waals surface area contributed by atoms with Crippen molar-refractivity contribution in [1.82, 2.24) is 24.5 Å². The molecular formula is C70H70FIrN5OSi-2. The third-order valence-corrected chi connectivity index (χ3v) is 19.5. The molecule has 0 saturated heterocycles. The normalized spacial score (nSPS) is 14.0. The molecule has 9 heteroatoms. The molecule has 1 aliphatic rings. The van der Waals surface area contributed by atoms with Gasteiger partial charge in [0.25, 0.3) is 0 Å². The minimum Gasteiger partial charge on any atom is -0.486 e. The number of aryl methyl sites for hydroxylation is 4. The van der Waals surface area contributed by atoms with E-state index in [1.165, 1.54) is 76.4 Å². The van der Waals surface area contributed by atoms with E-state index in [1.807, 2.05) is 31.3 Å². The monoisotopic (exact) mass is 1240 g/mol. The van der Waals surface area contributed by atoms with Gasteiger partial charge in [0.2, 0.25) is 5.71 Å². The largest absolute Gasteiger partial charge is 0.486 e. The van der Waals surface area contributed by atoms with Gasteiger partial charge in [0.1, 0.15) is 8.07 Å². The molecule has 0 atom stereocenters. The zero-order valence-corrected chi connectivity index (χ0v) is 50.0. The molecular weight excluding hydrogens is 1170 g/mol. The molecule has 1 fully saturated rings. The smallest absolute Gasteiger partial charge is 0.216 e. The van der Waals surface area contributed by atoms with Crippen molar-refractivity contribution in [2.24, 2.45) is 5.92 Å². The Bertz CT molecular complexity index is 4090. The Labute approximate surface area is 484 Å². The van der Waals surface area contributed by atoms with Crippen LogP contribution in [-0.2, 0) is 44.9 Å². The summed E-state index contributed by atoms with van der Waals surface area (Å²) in [4.78, 5) is 19.9. The standard InChI is InChI=1S/C46H43N4O.C24H27FNSi.Ir/c1-29-18-21-36-40(47-29)24-25-41-42(36)50(27-26-31-19-20-33(46(2,3)4)28-38(31)30-12-7-5-8-13-30)44(48-41)37-17-11-16-34-35-22-23-39(32-14-9-6-10-15-32)49-45(35)51-43(34)37;1-17(2)13-19-15-23(21-12-11-18(3)14-22(21)25)26-16-24(19)27(4,5)20-9-7-6-8-10-20;/h5,7-8,11-13,16,18-25,28,32H,6,9-10,14-15,26-27H2,1-4H3;6-11,14-17H,13H2,1-5H3;/q2*-1;/i;3D3;. The van der Waals surface area contributed by atoms with Gasteiger partial charge in [0, 0.05) is 70.9 Å². The average Bonchev–Trinajstić information content (AvgIpc) is 4.09. The summed E-state index contributed by atoms with van der Waals surface area (Å²) < 4.78 is 46.2. The Balaban J connectivity index is 0.000000208. The number of rotatable bonds is 11. The molecule has 1 radical (unpaired) electrons. The molecule has 1 saturated carbocycles. The number of halogens is 1. The van der Waals surface area contributed by atoms with E-state index in [1.54, 1.807) is 0 Å². The molecule has 5 aromatic heterocycles. The topological polar surface area (TPSA) is 69.6 Å². The van der Waals surface area contributed by atoms with Crippen molar-refractivity contribution >= 4 is 62.5 Å². The molecule has 0 N–H and O–H groups in total. The molecule has 5 heterocycles. The Morgan fingerprint density at radius 1 is 0.772 bits per heavy atom. The average molecular weight is 1240 g/mol. The fraction of sp³-hybridized carbons (Fsp3) is 0.286. The van der Waals surface area contributed by atoms with Gasteiger partial charge in [0.05, 0.1) is 28.0 Å². The molecule has 0 spiro atoms. The number of hydrogen-bond donors (Lipinski definition) is 0. The second-order valence-electron chi connectivity index (χ2n) is 23.3. The number of benzene rings is 6. The van der Waals surface area contributed by atoms with Crippen LogP contribution in [0.25, 0.3) is 77.8 Å². The molecule has 0 aliphatic heterocycles. The van der Waals surface area contributed by atoms with E-state index in [0.717, 1.165) is 86.5 Å². The summed E-state index contributed by atoms with van der Waals surface area (Å²) in [5, 5.41) is 5.75. The van der Waals surface area contributed by atoms with E-state index in [9.17, 15) is 4.39 Å². The summed E-state index contributed by atoms with van der Waals surface area (Å²) in [6.45, 7) is 16.2. The van der Waals surface area contributed by atoms with Crippen molar-refractivity contribution in [3.05, 3.63) is 203 Å². The molecule has 11 aromatic rings. The zero-order chi connectivity index (χ0) is 56.8. The van der Waals surface area contributed by atoms with Crippen LogP contribution in [0.5, 0.6) is 0 Å². The maximum absolute atomic E-state index is 14.7. The summed E-state index contributed by atoms with van der Waals surface area (Å²) in [6, 6.07) is 56.0. The van der Waals surface area contributed by atoms with Crippen LogP contribution in [0.1, 0.15) is 110 Å². The molecule has 0 bridgehead atoms. The van der Waals surface area contributed by atoms with E-state index < -0.39 is 20.7 Å². The Morgan fingerprint density at radius 3 is 2.25 bits per heavy atom. The molecule has 0 amide bonds. The Hall–Kier alpha value is -6.90. The van der Waals surface area contributed by atoms with E-state index in [0.29, 0.717) is 23.2 Å². The van der Waals surface area contributed by atoms with Crippen molar-refractivity contribution < 1.29 is 33.0 Å². The third kappa shape index (κ3) is 11.5. The van der Waals surface area contributed by atoms with Crippen molar-refractivity contribution in [2.75, 3.05) is 0 Å². The number of nitrogens with zero attached hydrogens (tertiary/aromatic N) is 5. The van der Waals surface area contributed by atoms with Crippen LogP contribution in [0, 0.1) is 37.6 Å². The third-order valence-electron chi connectivity index (χ3n) is 15.9. The predicted molar refractivity (Wildman–Crippen MR) is 324 cm³/mol. The van der Waals surface area contributed by atoms with E-state index in [2.05, 4.69) is 185 Å². The van der Waals surface area contributed by atoms with Crippen LogP contribution in [0.2, 0.25) is 13.1 Å². The van der Waals surface area contributed by atoms with Crippen LogP contribution in [0.4, 0.5) is 4.39 Å². The summed E-state index contributed by atoms with van der Waals surface area (Å²) in [5.74, 6) is 1.18. The second kappa shape index (κ2) is 23.1. The minimum absolute atomic E-state index is 0. The van der Waals surface area contributed by atoms with E-state index in [-0.39, 0.29) is 36.6 Å². The molecule has 79 heavy (non-hydrogen) atoms. The van der Waals surface area contributed by atoms with Crippen molar-refractivity contribution in [2.45, 2.75) is 124 Å². The van der Waals surface area contributed by atoms with Gasteiger partial charge in [-0.2, -0.15) is 0 Å². The molecule has 12 rings (SSSR count). The predicted octanol–water partition coefficient (Wildman–Crippen LogP) is 16.9. The minimum atomic E-state index is -2.36. The van der Waals surface area contributed by atoms with Gasteiger partial charge in [-0.3, -0.25) is 14.4 Å². The van der Waals surface area contributed by atoms with Crippen LogP contribution < -0.4 is 10.4 Å². The van der Waals surface area contributed by atoms with Crippen LogP contribution in [0.3, 0.4) is 0 Å². The second-order valence-corrected chi connectivity index (χ2v) is 27.7. The zero-order valence-electron chi connectivity index (χ0n) is 49.6. The molecule has 0 unspecified atom stereocenters. The first-order valence-electron chi connectivity index (χ1n) is 29.3. The van der Waals surface area contributed by atoms with Crippen LogP contribution in [-0.4, -0.2) is 32.6 Å². The first-order chi connectivity index (χ1) is 38.8. The number of fused-ring (bicyclic) bond motifs is 6. The molecule has 1 aliphatic carbocycles. The number of pyridine rings is 3. The molecule has 6 nitrogen and oxygen atoms in total. The van der Waals surface area contributed by atoms with E-state index >= 15 is 0 Å². The van der Waals surface area contributed by atoms with E-state index in [4.69, 9.17) is 23.5 Å². The van der Waals surface area contributed by atoms with Crippen LogP contribution in [0.15, 0.2) is 156 Å². The first-order valence-corrected chi connectivity index (χ1v) is 30.8. The number of furan rings is 1. The summed E-state index contributed by atoms with van der Waals surface area (Å²) in [7, 11) is -1.98. The van der Waals surface area contributed by atoms with Crippen molar-refractivity contribution in [3.63, 3.8) is 0 Å². The fourth-order valence-corrected chi connectivity index (χ4v) is 14.3. The Kier molecular flexibility index (Phi) is 15.0. The number of hydrogen-bond acceptors (Lipinski definition) is 5. The van der Waals surface area contributed by atoms with Gasteiger partial charge < -0.3 is 14.0 Å².